The van der Waals surface area contributed by atoms with Crippen LogP contribution in [0.4, 0.5) is 0 Å². The van der Waals surface area contributed by atoms with Gasteiger partial charge in [-0.25, -0.2) is 0 Å². The fourth-order valence-corrected chi connectivity index (χ4v) is 3.68. The molecule has 152 valence electrons. The molecule has 0 amide bonds. The summed E-state index contributed by atoms with van der Waals surface area (Å²) in [4.78, 5) is 0. The molecule has 0 unspecified atom stereocenters. The van der Waals surface area contributed by atoms with Crippen LogP contribution in [-0.4, -0.2) is 26.2 Å². The zero-order valence-electron chi connectivity index (χ0n) is 16.4. The van der Waals surface area contributed by atoms with E-state index in [9.17, 15) is 0 Å². The van der Waals surface area contributed by atoms with E-state index in [4.69, 9.17) is 21.1 Å². The second-order valence-electron chi connectivity index (χ2n) is 7.65. The molecule has 0 aromatic heterocycles. The molecule has 1 aliphatic heterocycles. The summed E-state index contributed by atoms with van der Waals surface area (Å²) in [6.07, 6.45) is 0. The van der Waals surface area contributed by atoms with Crippen molar-refractivity contribution in [2.45, 2.75) is 27.0 Å². The van der Waals surface area contributed by atoms with Gasteiger partial charge in [0.2, 0.25) is 0 Å². The first kappa shape index (κ1) is 21.4. The molecule has 28 heavy (non-hydrogen) atoms. The van der Waals surface area contributed by atoms with Crippen LogP contribution in [-0.2, 0) is 13.2 Å². The zero-order valence-corrected chi connectivity index (χ0v) is 18.8. The van der Waals surface area contributed by atoms with Crippen molar-refractivity contribution in [3.05, 3.63) is 57.0 Å². The SMILES string of the molecule is CC(C)COc1ccc(OCc2ccc(Cl)cc2Br)cc1CNCC1CNC1. The molecule has 0 aliphatic carbocycles. The van der Waals surface area contributed by atoms with E-state index in [1.54, 1.807) is 0 Å². The summed E-state index contributed by atoms with van der Waals surface area (Å²) in [5.74, 6) is 2.97. The van der Waals surface area contributed by atoms with Crippen molar-refractivity contribution in [2.75, 3.05) is 26.2 Å². The number of ether oxygens (including phenoxy) is 2. The molecule has 1 fully saturated rings. The summed E-state index contributed by atoms with van der Waals surface area (Å²) >= 11 is 9.56. The summed E-state index contributed by atoms with van der Waals surface area (Å²) in [5, 5.41) is 7.56. The average Bonchev–Trinajstić information content (AvgIpc) is 2.62. The topological polar surface area (TPSA) is 42.5 Å². The maximum atomic E-state index is 6.03. The summed E-state index contributed by atoms with van der Waals surface area (Å²) in [6, 6.07) is 11.8. The van der Waals surface area contributed by atoms with E-state index in [0.717, 1.165) is 59.2 Å². The minimum absolute atomic E-state index is 0.477. The lowest BCUT2D eigenvalue weighted by molar-refractivity contribution is 0.265. The van der Waals surface area contributed by atoms with E-state index in [1.165, 1.54) is 0 Å². The van der Waals surface area contributed by atoms with Crippen LogP contribution < -0.4 is 20.1 Å². The van der Waals surface area contributed by atoms with Crippen LogP contribution in [0.5, 0.6) is 11.5 Å². The molecule has 0 spiro atoms. The van der Waals surface area contributed by atoms with Gasteiger partial charge in [-0.05, 0) is 42.2 Å². The predicted molar refractivity (Wildman–Crippen MR) is 118 cm³/mol. The van der Waals surface area contributed by atoms with Gasteiger partial charge in [-0.15, -0.1) is 0 Å². The highest BCUT2D eigenvalue weighted by Crippen LogP contribution is 2.27. The van der Waals surface area contributed by atoms with Gasteiger partial charge in [0.15, 0.2) is 0 Å². The van der Waals surface area contributed by atoms with E-state index < -0.39 is 0 Å². The highest BCUT2D eigenvalue weighted by Gasteiger charge is 2.16. The lowest BCUT2D eigenvalue weighted by Crippen LogP contribution is -2.47. The van der Waals surface area contributed by atoms with Gasteiger partial charge in [0.05, 0.1) is 6.61 Å². The molecule has 1 saturated heterocycles. The normalized spacial score (nSPS) is 14.2. The van der Waals surface area contributed by atoms with Crippen LogP contribution in [0, 0.1) is 11.8 Å². The number of halogens is 2. The number of hydrogen-bond acceptors (Lipinski definition) is 4. The number of hydrogen-bond donors (Lipinski definition) is 2. The number of nitrogens with one attached hydrogen (secondary N) is 2. The minimum Gasteiger partial charge on any atom is -0.493 e. The Morgan fingerprint density at radius 1 is 1.14 bits per heavy atom. The van der Waals surface area contributed by atoms with Crippen LogP contribution in [0.15, 0.2) is 40.9 Å². The first-order valence-corrected chi connectivity index (χ1v) is 10.9. The van der Waals surface area contributed by atoms with Crippen molar-refractivity contribution in [3.8, 4) is 11.5 Å². The van der Waals surface area contributed by atoms with Crippen molar-refractivity contribution in [2.24, 2.45) is 11.8 Å². The third-order valence-electron chi connectivity index (χ3n) is 4.63. The van der Waals surface area contributed by atoms with Crippen LogP contribution in [0.2, 0.25) is 5.02 Å². The van der Waals surface area contributed by atoms with Crippen molar-refractivity contribution in [3.63, 3.8) is 0 Å². The van der Waals surface area contributed by atoms with Crippen molar-refractivity contribution in [1.29, 1.82) is 0 Å². The van der Waals surface area contributed by atoms with Gasteiger partial charge < -0.3 is 20.1 Å². The summed E-state index contributed by atoms with van der Waals surface area (Å²) in [6.45, 7) is 9.48. The average molecular weight is 468 g/mol. The second kappa shape index (κ2) is 10.5. The minimum atomic E-state index is 0.477. The van der Waals surface area contributed by atoms with Crippen LogP contribution in [0.3, 0.4) is 0 Å². The van der Waals surface area contributed by atoms with Gasteiger partial charge >= 0.3 is 0 Å². The third-order valence-corrected chi connectivity index (χ3v) is 5.60. The Balaban J connectivity index is 1.65. The Morgan fingerprint density at radius 3 is 2.64 bits per heavy atom. The monoisotopic (exact) mass is 466 g/mol. The van der Waals surface area contributed by atoms with Crippen LogP contribution in [0.1, 0.15) is 25.0 Å². The lowest BCUT2D eigenvalue weighted by atomic mass is 10.0. The fraction of sp³-hybridized carbons (Fsp3) is 0.455. The fourth-order valence-electron chi connectivity index (χ4n) is 2.88. The Labute approximate surface area is 181 Å². The highest BCUT2D eigenvalue weighted by atomic mass is 79.9. The van der Waals surface area contributed by atoms with Gasteiger partial charge in [-0.3, -0.25) is 0 Å². The number of rotatable bonds is 10. The molecular formula is C22H28BrClN2O2. The third kappa shape index (κ3) is 6.38. The Morgan fingerprint density at radius 2 is 1.96 bits per heavy atom. The molecule has 3 rings (SSSR count). The standard InChI is InChI=1S/C22H28BrClN2O2/c1-15(2)13-28-22-6-5-20(7-18(22)12-26-11-16-9-25-10-16)27-14-17-3-4-19(24)8-21(17)23/h3-8,15-16,25-26H,9-14H2,1-2H3. The molecule has 2 N–H and O–H groups in total. The first-order valence-electron chi connectivity index (χ1n) is 9.75. The van der Waals surface area contributed by atoms with E-state index in [0.29, 0.717) is 24.2 Å². The van der Waals surface area contributed by atoms with Crippen molar-refractivity contribution >= 4 is 27.5 Å². The van der Waals surface area contributed by atoms with Gasteiger partial charge in [0, 0.05) is 46.8 Å². The molecule has 2 aromatic rings. The molecule has 1 heterocycles. The van der Waals surface area contributed by atoms with Gasteiger partial charge in [-0.2, -0.15) is 0 Å². The molecule has 0 bridgehead atoms. The van der Waals surface area contributed by atoms with Gasteiger partial charge in [0.1, 0.15) is 18.1 Å². The Kier molecular flexibility index (Phi) is 8.03. The molecular weight excluding hydrogens is 440 g/mol. The molecule has 6 heteroatoms. The van der Waals surface area contributed by atoms with E-state index >= 15 is 0 Å². The maximum absolute atomic E-state index is 6.03. The van der Waals surface area contributed by atoms with E-state index in [1.807, 2.05) is 30.3 Å². The lowest BCUT2D eigenvalue weighted by Gasteiger charge is -2.27. The summed E-state index contributed by atoms with van der Waals surface area (Å²) < 4.78 is 13.0. The molecule has 2 aromatic carbocycles. The Hall–Kier alpha value is -1.27. The quantitative estimate of drug-likeness (QED) is 0.514. The van der Waals surface area contributed by atoms with Crippen molar-refractivity contribution < 1.29 is 9.47 Å². The Bertz CT molecular complexity index is 781. The predicted octanol–water partition coefficient (Wildman–Crippen LogP) is 5.03. The maximum Gasteiger partial charge on any atom is 0.124 e. The van der Waals surface area contributed by atoms with Gasteiger partial charge in [-0.1, -0.05) is 47.4 Å². The molecule has 1 aliphatic rings. The van der Waals surface area contributed by atoms with Crippen LogP contribution >= 0.6 is 27.5 Å². The number of benzene rings is 2. The molecule has 0 saturated carbocycles. The summed E-state index contributed by atoms with van der Waals surface area (Å²) in [7, 11) is 0. The van der Waals surface area contributed by atoms with Gasteiger partial charge in [0.25, 0.3) is 0 Å². The van der Waals surface area contributed by atoms with Crippen LogP contribution in [0.25, 0.3) is 0 Å². The molecule has 4 nitrogen and oxygen atoms in total. The second-order valence-corrected chi connectivity index (χ2v) is 8.94. The van der Waals surface area contributed by atoms with Crippen molar-refractivity contribution in [1.82, 2.24) is 10.6 Å². The molecule has 0 atom stereocenters. The highest BCUT2D eigenvalue weighted by molar-refractivity contribution is 9.10. The smallest absolute Gasteiger partial charge is 0.124 e. The van der Waals surface area contributed by atoms with E-state index in [2.05, 4.69) is 46.5 Å². The summed E-state index contributed by atoms with van der Waals surface area (Å²) in [5.41, 5.74) is 2.18. The van der Waals surface area contributed by atoms with E-state index in [-0.39, 0.29) is 0 Å². The molecule has 0 radical (unpaired) electrons. The first-order chi connectivity index (χ1) is 13.5. The largest absolute Gasteiger partial charge is 0.493 e. The zero-order chi connectivity index (χ0) is 19.9.